The monoisotopic (exact) mass is 308 g/mol. The van der Waals surface area contributed by atoms with Crippen LogP contribution in [0.2, 0.25) is 0 Å². The molecule has 0 radical (unpaired) electrons. The van der Waals surface area contributed by atoms with Crippen LogP contribution in [-0.4, -0.2) is 15.7 Å². The molecular weight excluding hydrogens is 284 g/mol. The number of hydrogen-bond donors (Lipinski definition) is 0. The Morgan fingerprint density at radius 2 is 1.95 bits per heavy atom. The van der Waals surface area contributed by atoms with Crippen molar-refractivity contribution in [3.05, 3.63) is 24.0 Å². The predicted octanol–water partition coefficient (Wildman–Crippen LogP) is 5.10. The number of benzene rings is 1. The lowest BCUT2D eigenvalue weighted by Crippen LogP contribution is -2.29. The third-order valence-corrected chi connectivity index (χ3v) is 4.50. The van der Waals surface area contributed by atoms with Gasteiger partial charge < -0.3 is 9.30 Å². The number of ether oxygens (including phenoxy) is 1. The summed E-state index contributed by atoms with van der Waals surface area (Å²) in [6.45, 7) is 10.7. The minimum absolute atomic E-state index is 0.0232. The smallest absolute Gasteiger partial charge is 0.147 e. The summed E-state index contributed by atoms with van der Waals surface area (Å²) in [5.41, 5.74) is 2.04. The van der Waals surface area contributed by atoms with Crippen molar-refractivity contribution in [1.29, 1.82) is 0 Å². The van der Waals surface area contributed by atoms with E-state index in [1.165, 1.54) is 0 Å². The van der Waals surface area contributed by atoms with E-state index in [9.17, 15) is 0 Å². The van der Waals surface area contributed by atoms with E-state index in [1.54, 1.807) is 0 Å². The van der Waals surface area contributed by atoms with Crippen molar-refractivity contribution in [3.8, 4) is 5.75 Å². The third-order valence-electron chi connectivity index (χ3n) is 4.26. The Labute approximate surface area is 132 Å². The second kappa shape index (κ2) is 6.27. The lowest BCUT2D eigenvalue weighted by atomic mass is 9.94. The standard InChI is InChI=1S/C17H25ClN2O/c1-6-17(5,7-2)20-13-9-8-10-14(21-12(3)4)16(13)19-15(20)11-18/h8-10,12H,6-7,11H2,1-5H3. The molecule has 0 unspecified atom stereocenters. The van der Waals surface area contributed by atoms with Crippen molar-refractivity contribution >= 4 is 22.6 Å². The molecule has 2 rings (SSSR count). The van der Waals surface area contributed by atoms with Crippen LogP contribution >= 0.6 is 11.6 Å². The van der Waals surface area contributed by atoms with Gasteiger partial charge in [0.2, 0.25) is 0 Å². The molecule has 0 bridgehead atoms. The van der Waals surface area contributed by atoms with E-state index in [4.69, 9.17) is 21.3 Å². The molecular formula is C17H25ClN2O. The zero-order chi connectivity index (χ0) is 15.6. The van der Waals surface area contributed by atoms with Crippen LogP contribution in [-0.2, 0) is 11.4 Å². The van der Waals surface area contributed by atoms with Gasteiger partial charge in [0.15, 0.2) is 0 Å². The fourth-order valence-corrected chi connectivity index (χ4v) is 2.91. The molecule has 3 nitrogen and oxygen atoms in total. The molecule has 1 heterocycles. The largest absolute Gasteiger partial charge is 0.489 e. The number of halogens is 1. The Morgan fingerprint density at radius 3 is 2.48 bits per heavy atom. The van der Waals surface area contributed by atoms with E-state index in [2.05, 4.69) is 31.4 Å². The molecule has 0 aliphatic carbocycles. The van der Waals surface area contributed by atoms with E-state index in [0.717, 1.165) is 35.4 Å². The Morgan fingerprint density at radius 1 is 1.29 bits per heavy atom. The molecule has 0 spiro atoms. The summed E-state index contributed by atoms with van der Waals surface area (Å²) in [5.74, 6) is 2.16. The van der Waals surface area contributed by atoms with Gasteiger partial charge in [-0.05, 0) is 45.7 Å². The number of fused-ring (bicyclic) bond motifs is 1. The van der Waals surface area contributed by atoms with E-state index >= 15 is 0 Å². The summed E-state index contributed by atoms with van der Waals surface area (Å²) >= 11 is 6.16. The quantitative estimate of drug-likeness (QED) is 0.694. The van der Waals surface area contributed by atoms with E-state index in [1.807, 2.05) is 26.0 Å². The normalized spacial score (nSPS) is 12.3. The van der Waals surface area contributed by atoms with E-state index in [-0.39, 0.29) is 11.6 Å². The lowest BCUT2D eigenvalue weighted by Gasteiger charge is -2.31. The second-order valence-electron chi connectivity index (χ2n) is 5.99. The fourth-order valence-electron chi connectivity index (χ4n) is 2.73. The number of nitrogens with zero attached hydrogens (tertiary/aromatic N) is 2. The number of hydrogen-bond acceptors (Lipinski definition) is 2. The maximum absolute atomic E-state index is 6.16. The van der Waals surface area contributed by atoms with Gasteiger partial charge in [-0.15, -0.1) is 11.6 Å². The molecule has 1 aromatic heterocycles. The molecule has 21 heavy (non-hydrogen) atoms. The minimum atomic E-state index is 0.0232. The van der Waals surface area contributed by atoms with Crippen LogP contribution in [0.1, 0.15) is 53.3 Å². The third kappa shape index (κ3) is 2.89. The maximum atomic E-state index is 6.16. The first-order valence-corrected chi connectivity index (χ1v) is 8.23. The van der Waals surface area contributed by atoms with Crippen LogP contribution in [0.3, 0.4) is 0 Å². The average molecular weight is 309 g/mol. The van der Waals surface area contributed by atoms with Crippen LogP contribution < -0.4 is 4.74 Å². The molecule has 4 heteroatoms. The van der Waals surface area contributed by atoms with Crippen molar-refractivity contribution in [1.82, 2.24) is 9.55 Å². The van der Waals surface area contributed by atoms with E-state index in [0.29, 0.717) is 5.88 Å². The zero-order valence-corrected chi connectivity index (χ0v) is 14.4. The van der Waals surface area contributed by atoms with Gasteiger partial charge in [0.1, 0.15) is 17.1 Å². The zero-order valence-electron chi connectivity index (χ0n) is 13.6. The summed E-state index contributed by atoms with van der Waals surface area (Å²) in [6, 6.07) is 6.12. The maximum Gasteiger partial charge on any atom is 0.147 e. The Bertz CT molecular complexity index is 615. The van der Waals surface area contributed by atoms with Crippen LogP contribution in [0.15, 0.2) is 18.2 Å². The highest BCUT2D eigenvalue weighted by Crippen LogP contribution is 2.35. The Balaban J connectivity index is 2.70. The molecule has 1 aromatic carbocycles. The molecule has 0 saturated carbocycles. The summed E-state index contributed by atoms with van der Waals surface area (Å²) in [7, 11) is 0. The number of aromatic nitrogens is 2. The highest BCUT2D eigenvalue weighted by Gasteiger charge is 2.28. The Hall–Kier alpha value is -1.22. The van der Waals surface area contributed by atoms with Crippen LogP contribution in [0.25, 0.3) is 11.0 Å². The summed E-state index contributed by atoms with van der Waals surface area (Å²) < 4.78 is 8.20. The first-order chi connectivity index (χ1) is 9.96. The van der Waals surface area contributed by atoms with Crippen molar-refractivity contribution in [3.63, 3.8) is 0 Å². The molecule has 0 N–H and O–H groups in total. The molecule has 0 saturated heterocycles. The molecule has 0 atom stereocenters. The van der Waals surface area contributed by atoms with Crippen LogP contribution in [0.5, 0.6) is 5.75 Å². The highest BCUT2D eigenvalue weighted by atomic mass is 35.5. The Kier molecular flexibility index (Phi) is 4.82. The minimum Gasteiger partial charge on any atom is -0.489 e. The SMILES string of the molecule is CCC(C)(CC)n1c(CCl)nc2c(OC(C)C)cccc21. The van der Waals surface area contributed by atoms with Crippen LogP contribution in [0.4, 0.5) is 0 Å². The van der Waals surface area contributed by atoms with Gasteiger partial charge in [-0.25, -0.2) is 4.98 Å². The fraction of sp³-hybridized carbons (Fsp3) is 0.588. The molecule has 116 valence electrons. The number of rotatable bonds is 6. The number of para-hydroxylation sites is 1. The van der Waals surface area contributed by atoms with Gasteiger partial charge in [-0.2, -0.15) is 0 Å². The second-order valence-corrected chi connectivity index (χ2v) is 6.26. The molecule has 0 fully saturated rings. The van der Waals surface area contributed by atoms with Crippen molar-refractivity contribution in [2.24, 2.45) is 0 Å². The first-order valence-electron chi connectivity index (χ1n) is 7.70. The molecule has 0 aliphatic heterocycles. The van der Waals surface area contributed by atoms with Gasteiger partial charge in [0, 0.05) is 5.54 Å². The van der Waals surface area contributed by atoms with Gasteiger partial charge in [0.05, 0.1) is 17.5 Å². The van der Waals surface area contributed by atoms with Gasteiger partial charge in [0.25, 0.3) is 0 Å². The molecule has 0 amide bonds. The summed E-state index contributed by atoms with van der Waals surface area (Å²) in [5, 5.41) is 0. The molecule has 0 aliphatic rings. The van der Waals surface area contributed by atoms with Crippen LogP contribution in [0, 0.1) is 0 Å². The summed E-state index contributed by atoms with van der Waals surface area (Å²) in [4.78, 5) is 4.75. The van der Waals surface area contributed by atoms with Gasteiger partial charge in [-0.1, -0.05) is 19.9 Å². The lowest BCUT2D eigenvalue weighted by molar-refractivity contribution is 0.245. The summed E-state index contributed by atoms with van der Waals surface area (Å²) in [6.07, 6.45) is 2.20. The van der Waals surface area contributed by atoms with Gasteiger partial charge in [-0.3, -0.25) is 0 Å². The molecule has 2 aromatic rings. The average Bonchev–Trinajstić information content (AvgIpc) is 2.86. The van der Waals surface area contributed by atoms with Crippen molar-refractivity contribution in [2.45, 2.75) is 65.0 Å². The number of alkyl halides is 1. The topological polar surface area (TPSA) is 27.1 Å². The van der Waals surface area contributed by atoms with E-state index < -0.39 is 0 Å². The van der Waals surface area contributed by atoms with Crippen molar-refractivity contribution in [2.75, 3.05) is 0 Å². The predicted molar refractivity (Wildman–Crippen MR) is 89.3 cm³/mol. The number of imidazole rings is 1. The highest BCUT2D eigenvalue weighted by molar-refractivity contribution is 6.16. The van der Waals surface area contributed by atoms with Crippen molar-refractivity contribution < 1.29 is 4.74 Å². The first kappa shape index (κ1) is 16.2. The van der Waals surface area contributed by atoms with Gasteiger partial charge >= 0.3 is 0 Å².